The lowest BCUT2D eigenvalue weighted by Crippen LogP contribution is -2.63. The van der Waals surface area contributed by atoms with Crippen LogP contribution in [0.3, 0.4) is 0 Å². The fourth-order valence-corrected chi connectivity index (χ4v) is 20.6. The van der Waals surface area contributed by atoms with Crippen molar-refractivity contribution in [3.05, 3.63) is 0 Å². The molecule has 3 aliphatic heterocycles. The Balaban J connectivity index is 0.000000224. The number of likely N-dealkylation sites (N-methyl/N-ethyl adjacent to an activating group) is 2. The van der Waals surface area contributed by atoms with Crippen LogP contribution in [0.5, 0.6) is 0 Å². The second-order valence-electron chi connectivity index (χ2n) is 49.0. The summed E-state index contributed by atoms with van der Waals surface area (Å²) in [6.45, 7) is 50.2. The first-order valence-corrected chi connectivity index (χ1v) is 48.3. The van der Waals surface area contributed by atoms with Crippen molar-refractivity contribution < 1.29 is 86.3 Å². The highest BCUT2D eigenvalue weighted by Crippen LogP contribution is 2.67. The number of carbonyl (C=O) groups excluding carboxylic acids is 18. The molecule has 11 fully saturated rings. The minimum Gasteiger partial charge on any atom is -0.363 e. The average molecular weight is 1870 g/mol. The molecule has 746 valence electrons. The van der Waals surface area contributed by atoms with E-state index in [2.05, 4.69) is 80.9 Å². The minimum absolute atomic E-state index is 0.0648. The summed E-state index contributed by atoms with van der Waals surface area (Å²) in [5.74, 6) is -8.88. The Labute approximate surface area is 786 Å². The molecule has 36 nitrogen and oxygen atoms in total. The third-order valence-electron chi connectivity index (χ3n) is 30.3. The molecule has 36 heteroatoms. The summed E-state index contributed by atoms with van der Waals surface area (Å²) in [7, 11) is 3.49. The molecule has 0 bridgehead atoms. The number of hydrogen-bond acceptors (Lipinski definition) is 18. The van der Waals surface area contributed by atoms with Crippen LogP contribution in [0, 0.1) is 102 Å². The molecule has 0 aromatic heterocycles. The summed E-state index contributed by atoms with van der Waals surface area (Å²) in [4.78, 5) is 245. The van der Waals surface area contributed by atoms with Crippen LogP contribution in [0.25, 0.3) is 0 Å². The molecule has 8 saturated carbocycles. The van der Waals surface area contributed by atoms with Crippen molar-refractivity contribution in [2.75, 3.05) is 33.7 Å². The summed E-state index contributed by atoms with van der Waals surface area (Å²) < 4.78 is 0. The topological polar surface area (TPSA) is 522 Å². The maximum absolute atomic E-state index is 14.3. The van der Waals surface area contributed by atoms with E-state index in [4.69, 9.17) is 17.2 Å². The number of rotatable bonds is 33. The fourth-order valence-electron chi connectivity index (χ4n) is 20.6. The fraction of sp³-hybridized carbons (Fsp3) is 0.814. The van der Waals surface area contributed by atoms with Crippen molar-refractivity contribution in [1.29, 1.82) is 0 Å². The molecule has 0 radical (unpaired) electrons. The van der Waals surface area contributed by atoms with Crippen molar-refractivity contribution in [2.45, 2.75) is 366 Å². The summed E-state index contributed by atoms with van der Waals surface area (Å²) in [6.07, 6.45) is 12.4. The smallest absolute Gasteiger partial charge is 0.316 e. The highest BCUT2D eigenvalue weighted by Gasteiger charge is 2.73. The number of hydrogen-bond donors (Lipinski definition) is 13. The third kappa shape index (κ3) is 25.4. The van der Waals surface area contributed by atoms with Gasteiger partial charge in [-0.2, -0.15) is 0 Å². The van der Waals surface area contributed by atoms with Gasteiger partial charge in [-0.25, -0.2) is 14.4 Å². The number of urea groups is 3. The van der Waals surface area contributed by atoms with Crippen LogP contribution in [0.15, 0.2) is 0 Å². The lowest BCUT2D eigenvalue weighted by Gasteiger charge is -2.39. The molecule has 18 atom stereocenters. The van der Waals surface area contributed by atoms with E-state index in [0.717, 1.165) is 77.0 Å². The van der Waals surface area contributed by atoms with Gasteiger partial charge in [0.15, 0.2) is 0 Å². The highest BCUT2D eigenvalue weighted by molar-refractivity contribution is 6.39. The Hall–Kier alpha value is -9.54. The quantitative estimate of drug-likeness (QED) is 0.0368. The normalized spacial score (nSPS) is 25.6. The number of nitrogens with zero attached hydrogens (tertiary/aromatic N) is 5. The lowest BCUT2D eigenvalue weighted by atomic mass is 9.80. The molecule has 18 amide bonds. The predicted molar refractivity (Wildman–Crippen MR) is 498 cm³/mol. The van der Waals surface area contributed by atoms with Gasteiger partial charge in [-0.3, -0.25) is 71.9 Å². The van der Waals surface area contributed by atoms with Gasteiger partial charge in [0.25, 0.3) is 17.7 Å². The summed E-state index contributed by atoms with van der Waals surface area (Å²) in [6, 6.07) is -12.8. The number of carbonyl (C=O) groups is 18. The van der Waals surface area contributed by atoms with E-state index in [9.17, 15) is 86.3 Å². The molecule has 16 N–H and O–H groups in total. The first-order valence-electron chi connectivity index (χ1n) is 48.3. The van der Waals surface area contributed by atoms with Crippen LogP contribution >= 0.6 is 0 Å². The monoisotopic (exact) mass is 1870 g/mol. The van der Waals surface area contributed by atoms with Crippen molar-refractivity contribution in [3.63, 3.8) is 0 Å². The SMILES string of the molecule is CC(C)(C)NC(=O)[C@@H](NC(=O)N[C@H](C(=O)N1C[C@H]2[C@@H]([C@H]1C(=O)NC(CC1CCC1)C(=O)C(N)=O)C2(C)C)C(C)(C)C)C(C)(C)C.CC(C)[C@H](NC(=O)N[C@H](C(=O)N1C[C@H]2[C@@H]([C@H]1C(=O)NC(CC1CC1)C(=O)C(N)=O)C2(C)C)C(C)(C)C)C(=O)N(C)C1CC1.CN(C(=O)[C@@H](NC(=O)N[C@H](C(=O)N1C[C@H]2[C@@H]([C@H]1C(=O)NC(CC1CCC1)C(=O)C(N)=O)C2(C)C)C(C)(C)C)C(C)(C)C)C1CC1. The number of likely N-dealkylation sites (tertiary alicyclic amines) is 3. The maximum Gasteiger partial charge on any atom is 0.316 e. The van der Waals surface area contributed by atoms with Gasteiger partial charge in [0.05, 0.1) is 18.1 Å². The lowest BCUT2D eigenvalue weighted by molar-refractivity contribution is -0.145. The van der Waals surface area contributed by atoms with Crippen LogP contribution in [0.1, 0.15) is 276 Å². The largest absolute Gasteiger partial charge is 0.363 e. The van der Waals surface area contributed by atoms with Crippen LogP contribution in [0.4, 0.5) is 14.4 Å². The number of nitrogens with two attached hydrogens (primary N) is 3. The standard InChI is InChI=1S/C33H54N6O6.C33H56N6O6.C31H50N6O6/c1-31(2,3)24(28(43)38(9)18-13-14-18)36-30(45)37-25(32(4,5)6)29(44)39-16-19-21(33(19,7)8)22(39)27(42)35-20(23(40)26(34)41)15-17-11-10-12-17;1-30(2,3)23(27(43)38-32(7,8)9)36-29(45)37-24(31(4,5)6)28(44)39-16-18-20(33(18,10)11)21(39)26(42)35-19(22(40)25(34)41)15-17-13-12-14-17;1-15(2)21(27(41)36(8)17-11-12-17)34-29(43)35-24(30(3,4)5)28(42)37-14-18-20(31(18,6)7)22(37)26(40)33-19(13-16-9-10-16)23(38)25(32)39/h17-22,24-25H,10-16H2,1-9H3,(H2,34,41)(H,35,42)(H2,36,37,45);17-21,23-24H,12-16H2,1-11H3,(H2,34,41)(H,35,42)(H,38,43)(H2,36,37,45);15-22,24H,9-14H2,1-8H3,(H2,32,39)(H,33,40)(H2,34,35,43)/t19-,20?,21-,22-,24+,25+;18-,19?,20-,21-,23+,24+;18-,19?,20-,21-,22-,24+/m000/s1. The van der Waals surface area contributed by atoms with Crippen LogP contribution < -0.4 is 70.4 Å². The number of piperidine rings is 3. The average Bonchev–Trinajstić information content (AvgIpc) is 1.53. The van der Waals surface area contributed by atoms with Crippen molar-refractivity contribution in [2.24, 2.45) is 120 Å². The molecule has 11 aliphatic rings. The van der Waals surface area contributed by atoms with Gasteiger partial charge in [0, 0.05) is 51.4 Å². The number of nitrogens with one attached hydrogen (secondary N) is 10. The third-order valence-corrected chi connectivity index (χ3v) is 30.3. The minimum atomic E-state index is -1.10. The van der Waals surface area contributed by atoms with Crippen LogP contribution in [-0.2, 0) is 71.9 Å². The second kappa shape index (κ2) is 39.6. The van der Waals surface area contributed by atoms with Gasteiger partial charge < -0.3 is 94.9 Å². The zero-order valence-electron chi connectivity index (χ0n) is 84.4. The summed E-state index contributed by atoms with van der Waals surface area (Å²) in [5, 5.41) is 28.1. The van der Waals surface area contributed by atoms with Crippen LogP contribution in [-0.4, -0.2) is 255 Å². The first-order chi connectivity index (χ1) is 60.9. The number of ketones is 3. The highest BCUT2D eigenvalue weighted by atomic mass is 16.2. The Bertz CT molecular complexity index is 4480. The van der Waals surface area contributed by atoms with E-state index in [1.54, 1.807) is 23.9 Å². The summed E-state index contributed by atoms with van der Waals surface area (Å²) >= 11 is 0. The number of fused-ring (bicyclic) bond motifs is 3. The van der Waals surface area contributed by atoms with E-state index in [1.807, 2.05) is 152 Å². The summed E-state index contributed by atoms with van der Waals surface area (Å²) in [5.41, 5.74) is 11.4. The molecule has 8 aliphatic carbocycles. The Morgan fingerprint density at radius 1 is 0.346 bits per heavy atom. The molecule has 133 heavy (non-hydrogen) atoms. The molecule has 3 heterocycles. The van der Waals surface area contributed by atoms with Crippen LogP contribution in [0.2, 0.25) is 0 Å². The molecular formula is C97H160N18O18. The van der Waals surface area contributed by atoms with Gasteiger partial charge in [0.1, 0.15) is 54.4 Å². The van der Waals surface area contributed by atoms with E-state index in [-0.39, 0.29) is 105 Å². The van der Waals surface area contributed by atoms with Crippen molar-refractivity contribution in [1.82, 2.24) is 77.7 Å². The van der Waals surface area contributed by atoms with Gasteiger partial charge in [-0.05, 0) is 168 Å². The second-order valence-corrected chi connectivity index (χ2v) is 49.0. The maximum atomic E-state index is 14.3. The first kappa shape index (κ1) is 107. The Morgan fingerprint density at radius 2 is 0.602 bits per heavy atom. The van der Waals surface area contributed by atoms with E-state index < -0.39 is 194 Å². The number of amides is 18. The Kier molecular flexibility index (Phi) is 31.9. The van der Waals surface area contributed by atoms with Gasteiger partial charge in [-0.15, -0.1) is 0 Å². The number of primary amides is 3. The zero-order chi connectivity index (χ0) is 100. The zero-order valence-corrected chi connectivity index (χ0v) is 84.4. The van der Waals surface area contributed by atoms with E-state index in [1.165, 1.54) is 14.7 Å². The predicted octanol–water partition coefficient (Wildman–Crippen LogP) is 5.36. The van der Waals surface area contributed by atoms with E-state index in [0.29, 0.717) is 38.9 Å². The van der Waals surface area contributed by atoms with E-state index >= 15 is 0 Å². The van der Waals surface area contributed by atoms with Gasteiger partial charge in [0.2, 0.25) is 70.5 Å². The van der Waals surface area contributed by atoms with Crippen molar-refractivity contribution in [3.8, 4) is 0 Å². The molecule has 0 spiro atoms. The van der Waals surface area contributed by atoms with Gasteiger partial charge in [-0.1, -0.05) is 211 Å². The molecule has 3 saturated heterocycles. The molecule has 0 aromatic carbocycles. The molecule has 0 aromatic rings. The Morgan fingerprint density at radius 3 is 0.835 bits per heavy atom. The molecule has 11 rings (SSSR count). The number of Topliss-reactive ketones (excluding diaryl/α,β-unsaturated/α-hetero) is 3. The molecular weight excluding hydrogens is 1710 g/mol. The molecule has 3 unspecified atom stereocenters. The van der Waals surface area contributed by atoms with Gasteiger partial charge >= 0.3 is 18.1 Å². The van der Waals surface area contributed by atoms with Crippen molar-refractivity contribution >= 4 is 106 Å².